The molecular weight excluding hydrogens is 458 g/mol. The molecule has 0 bridgehead atoms. The van der Waals surface area contributed by atoms with Crippen LogP contribution in [0.4, 0.5) is 0 Å². The number of carbonyl (C=O) groups excluding carboxylic acids is 3. The lowest BCUT2D eigenvalue weighted by molar-refractivity contribution is -0.134. The number of amides is 1. The molecule has 2 aromatic carbocycles. The third-order valence-electron chi connectivity index (χ3n) is 7.61. The van der Waals surface area contributed by atoms with Crippen LogP contribution in [0.3, 0.4) is 0 Å². The first-order valence-corrected chi connectivity index (χ1v) is 14.0. The van der Waals surface area contributed by atoms with Gasteiger partial charge < -0.3 is 5.32 Å². The first kappa shape index (κ1) is 28.8. The second-order valence-corrected chi connectivity index (χ2v) is 12.2. The fraction of sp³-hybridized carbons (Fsp3) is 0.545. The molecule has 1 N–H and O–H groups in total. The molecule has 1 aliphatic rings. The molecule has 200 valence electrons. The molecule has 0 aromatic heterocycles. The van der Waals surface area contributed by atoms with E-state index >= 15 is 0 Å². The lowest BCUT2D eigenvalue weighted by Crippen LogP contribution is -2.47. The summed E-state index contributed by atoms with van der Waals surface area (Å²) in [5.41, 5.74) is 1.86. The van der Waals surface area contributed by atoms with Gasteiger partial charge in [0.05, 0.1) is 6.04 Å². The number of carbonyl (C=O) groups is 3. The van der Waals surface area contributed by atoms with Crippen LogP contribution < -0.4 is 5.32 Å². The van der Waals surface area contributed by atoms with Crippen molar-refractivity contribution in [1.29, 1.82) is 0 Å². The van der Waals surface area contributed by atoms with E-state index in [4.69, 9.17) is 0 Å². The summed E-state index contributed by atoms with van der Waals surface area (Å²) in [5, 5.41) is 3.11. The predicted octanol–water partition coefficient (Wildman–Crippen LogP) is 6.61. The minimum Gasteiger partial charge on any atom is -0.346 e. The molecule has 4 heteroatoms. The van der Waals surface area contributed by atoms with Crippen molar-refractivity contribution in [3.05, 3.63) is 71.8 Å². The van der Waals surface area contributed by atoms with Gasteiger partial charge in [0.15, 0.2) is 5.78 Å². The molecule has 0 radical (unpaired) electrons. The van der Waals surface area contributed by atoms with Crippen molar-refractivity contribution in [2.45, 2.75) is 85.6 Å². The van der Waals surface area contributed by atoms with Crippen LogP contribution in [-0.2, 0) is 27.2 Å². The van der Waals surface area contributed by atoms with E-state index in [1.165, 1.54) is 0 Å². The molecule has 0 aliphatic heterocycles. The average Bonchev–Trinajstić information content (AvgIpc) is 3.61. The highest BCUT2D eigenvalue weighted by Gasteiger charge is 2.48. The Hall–Kier alpha value is -2.75. The van der Waals surface area contributed by atoms with Gasteiger partial charge in [-0.25, -0.2) is 0 Å². The lowest BCUT2D eigenvalue weighted by atomic mass is 9.82. The highest BCUT2D eigenvalue weighted by atomic mass is 16.2. The number of benzene rings is 2. The molecule has 1 aliphatic carbocycles. The summed E-state index contributed by atoms with van der Waals surface area (Å²) in [7, 11) is 0. The van der Waals surface area contributed by atoms with E-state index in [-0.39, 0.29) is 41.1 Å². The van der Waals surface area contributed by atoms with Crippen molar-refractivity contribution in [3.8, 4) is 0 Å². The first-order valence-electron chi connectivity index (χ1n) is 14.0. The zero-order valence-electron chi connectivity index (χ0n) is 23.3. The maximum Gasteiger partial charge on any atom is 0.224 e. The van der Waals surface area contributed by atoms with Crippen LogP contribution >= 0.6 is 0 Å². The van der Waals surface area contributed by atoms with Crippen LogP contribution in [0.2, 0.25) is 0 Å². The molecule has 3 atom stereocenters. The van der Waals surface area contributed by atoms with E-state index in [2.05, 4.69) is 45.1 Å². The van der Waals surface area contributed by atoms with E-state index in [9.17, 15) is 14.4 Å². The van der Waals surface area contributed by atoms with Gasteiger partial charge in [-0.05, 0) is 61.5 Å². The van der Waals surface area contributed by atoms with Crippen LogP contribution in [0.1, 0.15) is 77.8 Å². The molecule has 2 aromatic rings. The summed E-state index contributed by atoms with van der Waals surface area (Å²) in [4.78, 5) is 40.7. The Morgan fingerprint density at radius 3 is 1.70 bits per heavy atom. The summed E-state index contributed by atoms with van der Waals surface area (Å²) in [6.07, 6.45) is 4.54. The molecule has 0 saturated heterocycles. The molecule has 0 spiro atoms. The van der Waals surface area contributed by atoms with Crippen molar-refractivity contribution in [1.82, 2.24) is 5.32 Å². The Balaban J connectivity index is 1.80. The maximum absolute atomic E-state index is 13.7. The molecule has 0 unspecified atom stereocenters. The normalized spacial score (nSPS) is 16.7. The maximum atomic E-state index is 13.7. The molecule has 0 heterocycles. The SMILES string of the molecule is CC(C)C[C@@H](Cc1ccccc1)C(=O)C[C@@H](Cc1ccccc1)C(=O)N[C@@H](CC(C)C)C(=O)C1(C)CC1. The minimum atomic E-state index is -0.505. The van der Waals surface area contributed by atoms with E-state index in [0.717, 1.165) is 30.4 Å². The van der Waals surface area contributed by atoms with Crippen LogP contribution in [-0.4, -0.2) is 23.5 Å². The van der Waals surface area contributed by atoms with Crippen molar-refractivity contribution in [3.63, 3.8) is 0 Å². The summed E-state index contributed by atoms with van der Waals surface area (Å²) in [6, 6.07) is 19.5. The van der Waals surface area contributed by atoms with Crippen LogP contribution in [0, 0.1) is 29.1 Å². The number of nitrogens with one attached hydrogen (secondary N) is 1. The molecular formula is C33H45NO3. The highest BCUT2D eigenvalue weighted by molar-refractivity contribution is 5.96. The fourth-order valence-electron chi connectivity index (χ4n) is 5.21. The number of ketones is 2. The minimum absolute atomic E-state index is 0.132. The van der Waals surface area contributed by atoms with E-state index in [0.29, 0.717) is 25.2 Å². The summed E-state index contributed by atoms with van der Waals surface area (Å²) >= 11 is 0. The van der Waals surface area contributed by atoms with Crippen molar-refractivity contribution in [2.75, 3.05) is 0 Å². The Labute approximate surface area is 223 Å². The van der Waals surface area contributed by atoms with Crippen LogP contribution in [0.25, 0.3) is 0 Å². The topological polar surface area (TPSA) is 63.2 Å². The Bertz CT molecular complexity index is 1020. The molecule has 4 nitrogen and oxygen atoms in total. The van der Waals surface area contributed by atoms with E-state index in [1.54, 1.807) is 0 Å². The lowest BCUT2D eigenvalue weighted by Gasteiger charge is -2.26. The number of hydrogen-bond acceptors (Lipinski definition) is 3. The largest absolute Gasteiger partial charge is 0.346 e. The first-order chi connectivity index (χ1) is 17.6. The van der Waals surface area contributed by atoms with Gasteiger partial charge in [-0.3, -0.25) is 14.4 Å². The molecule has 37 heavy (non-hydrogen) atoms. The van der Waals surface area contributed by atoms with Gasteiger partial charge in [0.2, 0.25) is 5.91 Å². The molecule has 1 amide bonds. The van der Waals surface area contributed by atoms with Gasteiger partial charge in [-0.2, -0.15) is 0 Å². The third-order valence-corrected chi connectivity index (χ3v) is 7.61. The van der Waals surface area contributed by atoms with E-state index < -0.39 is 12.0 Å². The number of hydrogen-bond donors (Lipinski definition) is 1. The summed E-state index contributed by atoms with van der Waals surface area (Å²) in [6.45, 7) is 10.4. The zero-order chi connectivity index (χ0) is 27.0. The Morgan fingerprint density at radius 1 is 0.757 bits per heavy atom. The van der Waals surface area contributed by atoms with Crippen molar-refractivity contribution < 1.29 is 14.4 Å². The fourth-order valence-corrected chi connectivity index (χ4v) is 5.21. The zero-order valence-corrected chi connectivity index (χ0v) is 23.3. The predicted molar refractivity (Wildman–Crippen MR) is 150 cm³/mol. The molecule has 1 saturated carbocycles. The molecule has 1 fully saturated rings. The second-order valence-electron chi connectivity index (χ2n) is 12.2. The third kappa shape index (κ3) is 8.94. The van der Waals surface area contributed by atoms with Gasteiger partial charge in [0.1, 0.15) is 5.78 Å². The van der Waals surface area contributed by atoms with Crippen LogP contribution in [0.5, 0.6) is 0 Å². The average molecular weight is 504 g/mol. The molecule has 3 rings (SSSR count). The monoisotopic (exact) mass is 503 g/mol. The van der Waals surface area contributed by atoms with Gasteiger partial charge in [0.25, 0.3) is 0 Å². The van der Waals surface area contributed by atoms with Gasteiger partial charge in [0, 0.05) is 23.7 Å². The highest BCUT2D eigenvalue weighted by Crippen LogP contribution is 2.47. The van der Waals surface area contributed by atoms with Crippen molar-refractivity contribution >= 4 is 17.5 Å². The van der Waals surface area contributed by atoms with Crippen LogP contribution in [0.15, 0.2) is 60.7 Å². The van der Waals surface area contributed by atoms with Gasteiger partial charge >= 0.3 is 0 Å². The smallest absolute Gasteiger partial charge is 0.224 e. The van der Waals surface area contributed by atoms with Crippen molar-refractivity contribution in [2.24, 2.45) is 29.1 Å². The quantitative estimate of drug-likeness (QED) is 0.297. The van der Waals surface area contributed by atoms with E-state index in [1.807, 2.05) is 55.5 Å². The Kier molecular flexibility index (Phi) is 10.3. The number of Topliss-reactive ketones (excluding diaryl/α,β-unsaturated/α-hetero) is 2. The van der Waals surface area contributed by atoms with Gasteiger partial charge in [-0.1, -0.05) is 95.3 Å². The van der Waals surface area contributed by atoms with Gasteiger partial charge in [-0.15, -0.1) is 0 Å². The number of rotatable bonds is 15. The Morgan fingerprint density at radius 2 is 1.24 bits per heavy atom. The standard InChI is InChI=1S/C33H45NO3/c1-23(2)18-27(20-25-12-8-6-9-13-25)30(35)22-28(21-26-14-10-7-11-15-26)32(37)34-29(19-24(3)4)31(36)33(5)16-17-33/h6-15,23-24,27-29H,16-22H2,1-5H3,(H,34,37)/t27-,28+,29-/m0/s1. The summed E-state index contributed by atoms with van der Waals surface area (Å²) in [5.74, 6) is 0.124. The summed E-state index contributed by atoms with van der Waals surface area (Å²) < 4.78 is 0. The second kappa shape index (κ2) is 13.2.